The molecule has 1 aromatic heterocycles. The number of H-pyrrole nitrogens is 1. The quantitative estimate of drug-likeness (QED) is 0.928. The molecule has 1 amide bonds. The highest BCUT2D eigenvalue weighted by Crippen LogP contribution is 2.21. The second-order valence-corrected chi connectivity index (χ2v) is 6.42. The zero-order valence-electron chi connectivity index (χ0n) is 12.8. The molecule has 0 unspecified atom stereocenters. The molecule has 2 fully saturated rings. The van der Waals surface area contributed by atoms with Crippen LogP contribution in [0, 0.1) is 5.92 Å². The van der Waals surface area contributed by atoms with Crippen LogP contribution in [-0.2, 0) is 0 Å². The van der Waals surface area contributed by atoms with Crippen molar-refractivity contribution in [2.24, 2.45) is 5.92 Å². The van der Waals surface area contributed by atoms with Crippen LogP contribution in [0.5, 0.6) is 0 Å². The Morgan fingerprint density at radius 2 is 1.86 bits per heavy atom. The molecule has 3 rings (SSSR count). The maximum absolute atomic E-state index is 12.2. The minimum atomic E-state index is 0.0979. The van der Waals surface area contributed by atoms with Crippen LogP contribution >= 0.6 is 0 Å². The Hall–Kier alpha value is -1.36. The van der Waals surface area contributed by atoms with Crippen molar-refractivity contribution in [2.75, 3.05) is 32.7 Å². The van der Waals surface area contributed by atoms with Crippen molar-refractivity contribution in [1.82, 2.24) is 20.0 Å². The third-order valence-electron chi connectivity index (χ3n) is 4.85. The van der Waals surface area contributed by atoms with E-state index in [2.05, 4.69) is 15.1 Å². The molecule has 0 radical (unpaired) electrons. The summed E-state index contributed by atoms with van der Waals surface area (Å²) in [7, 11) is 0. The summed E-state index contributed by atoms with van der Waals surface area (Å²) in [5.41, 5.74) is 0.612. The SMILES string of the molecule is O=C(c1ccn[nH]1)N1CCC(CN2CCCCCC2)CC1. The molecule has 0 aliphatic carbocycles. The Kier molecular flexibility index (Phi) is 4.91. The molecule has 116 valence electrons. The number of nitrogens with one attached hydrogen (secondary N) is 1. The average molecular weight is 290 g/mol. The lowest BCUT2D eigenvalue weighted by Gasteiger charge is -2.34. The highest BCUT2D eigenvalue weighted by molar-refractivity contribution is 5.92. The lowest BCUT2D eigenvalue weighted by Crippen LogP contribution is -2.42. The van der Waals surface area contributed by atoms with Crippen molar-refractivity contribution in [1.29, 1.82) is 0 Å². The average Bonchev–Trinajstić information content (AvgIpc) is 2.93. The predicted molar refractivity (Wildman–Crippen MR) is 82.1 cm³/mol. The van der Waals surface area contributed by atoms with Crippen LogP contribution in [0.3, 0.4) is 0 Å². The van der Waals surface area contributed by atoms with E-state index in [-0.39, 0.29) is 5.91 Å². The second kappa shape index (κ2) is 7.07. The molecular formula is C16H26N4O. The largest absolute Gasteiger partial charge is 0.337 e. The Balaban J connectivity index is 1.45. The summed E-state index contributed by atoms with van der Waals surface area (Å²) >= 11 is 0. The van der Waals surface area contributed by atoms with Crippen molar-refractivity contribution in [3.63, 3.8) is 0 Å². The molecule has 0 saturated carbocycles. The van der Waals surface area contributed by atoms with Crippen molar-refractivity contribution >= 4 is 5.91 Å². The fourth-order valence-electron chi connectivity index (χ4n) is 3.55. The summed E-state index contributed by atoms with van der Waals surface area (Å²) in [5.74, 6) is 0.856. The smallest absolute Gasteiger partial charge is 0.271 e. The number of carbonyl (C=O) groups is 1. The molecular weight excluding hydrogens is 264 g/mol. The minimum absolute atomic E-state index is 0.0979. The molecule has 0 spiro atoms. The van der Waals surface area contributed by atoms with Gasteiger partial charge in [0.25, 0.3) is 5.91 Å². The topological polar surface area (TPSA) is 52.2 Å². The monoisotopic (exact) mass is 290 g/mol. The predicted octanol–water partition coefficient (Wildman–Crippen LogP) is 2.14. The zero-order valence-corrected chi connectivity index (χ0v) is 12.8. The lowest BCUT2D eigenvalue weighted by atomic mass is 9.96. The van der Waals surface area contributed by atoms with Crippen LogP contribution < -0.4 is 0 Å². The van der Waals surface area contributed by atoms with E-state index in [1.165, 1.54) is 45.3 Å². The number of rotatable bonds is 3. The number of amides is 1. The van der Waals surface area contributed by atoms with E-state index in [0.717, 1.165) is 31.8 Å². The molecule has 3 heterocycles. The number of nitrogens with zero attached hydrogens (tertiary/aromatic N) is 3. The number of piperidine rings is 1. The summed E-state index contributed by atoms with van der Waals surface area (Å²) < 4.78 is 0. The summed E-state index contributed by atoms with van der Waals surface area (Å²) in [6, 6.07) is 1.76. The maximum Gasteiger partial charge on any atom is 0.271 e. The molecule has 1 N–H and O–H groups in total. The fraction of sp³-hybridized carbons (Fsp3) is 0.750. The van der Waals surface area contributed by atoms with E-state index in [4.69, 9.17) is 0 Å². The van der Waals surface area contributed by atoms with Crippen LogP contribution in [0.1, 0.15) is 49.0 Å². The summed E-state index contributed by atoms with van der Waals surface area (Å²) in [5, 5.41) is 6.63. The van der Waals surface area contributed by atoms with Crippen LogP contribution in [0.4, 0.5) is 0 Å². The van der Waals surface area contributed by atoms with Gasteiger partial charge in [0.1, 0.15) is 5.69 Å². The van der Waals surface area contributed by atoms with E-state index < -0.39 is 0 Å². The van der Waals surface area contributed by atoms with Gasteiger partial charge in [-0.25, -0.2) is 0 Å². The Bertz CT molecular complexity index is 429. The van der Waals surface area contributed by atoms with Crippen LogP contribution in [0.2, 0.25) is 0 Å². The lowest BCUT2D eigenvalue weighted by molar-refractivity contribution is 0.0662. The van der Waals surface area contributed by atoms with Gasteiger partial charge < -0.3 is 9.80 Å². The van der Waals surface area contributed by atoms with E-state index >= 15 is 0 Å². The molecule has 2 aliphatic heterocycles. The molecule has 0 atom stereocenters. The van der Waals surface area contributed by atoms with Gasteiger partial charge in [-0.1, -0.05) is 12.8 Å². The number of carbonyl (C=O) groups excluding carboxylic acids is 1. The number of aromatic amines is 1. The highest BCUT2D eigenvalue weighted by atomic mass is 16.2. The first kappa shape index (κ1) is 14.6. The van der Waals surface area contributed by atoms with Crippen molar-refractivity contribution in [2.45, 2.75) is 38.5 Å². The van der Waals surface area contributed by atoms with E-state index in [1.807, 2.05) is 4.90 Å². The highest BCUT2D eigenvalue weighted by Gasteiger charge is 2.25. The van der Waals surface area contributed by atoms with Crippen LogP contribution in [-0.4, -0.2) is 58.6 Å². The van der Waals surface area contributed by atoms with E-state index in [9.17, 15) is 4.79 Å². The molecule has 21 heavy (non-hydrogen) atoms. The van der Waals surface area contributed by atoms with Gasteiger partial charge in [-0.3, -0.25) is 9.89 Å². The Labute approximate surface area is 126 Å². The van der Waals surface area contributed by atoms with Gasteiger partial charge in [-0.05, 0) is 50.8 Å². The third-order valence-corrected chi connectivity index (χ3v) is 4.85. The van der Waals surface area contributed by atoms with Crippen LogP contribution in [0.15, 0.2) is 12.3 Å². The Morgan fingerprint density at radius 3 is 2.48 bits per heavy atom. The first-order chi connectivity index (χ1) is 10.3. The molecule has 0 aromatic carbocycles. The Morgan fingerprint density at radius 1 is 1.14 bits per heavy atom. The molecule has 2 aliphatic rings. The number of likely N-dealkylation sites (tertiary alicyclic amines) is 2. The first-order valence-corrected chi connectivity index (χ1v) is 8.34. The standard InChI is InChI=1S/C16H26N4O/c21-16(15-5-8-17-18-15)20-11-6-14(7-12-20)13-19-9-3-1-2-4-10-19/h5,8,14H,1-4,6-7,9-13H2,(H,17,18). The number of aromatic nitrogens is 2. The normalized spacial score (nSPS) is 22.2. The summed E-state index contributed by atoms with van der Waals surface area (Å²) in [4.78, 5) is 16.9. The first-order valence-electron chi connectivity index (χ1n) is 8.34. The fourth-order valence-corrected chi connectivity index (χ4v) is 3.55. The molecule has 0 bridgehead atoms. The maximum atomic E-state index is 12.2. The van der Waals surface area contributed by atoms with Gasteiger partial charge in [0, 0.05) is 25.8 Å². The summed E-state index contributed by atoms with van der Waals surface area (Å²) in [6.07, 6.45) is 9.42. The van der Waals surface area contributed by atoms with Gasteiger partial charge in [0.15, 0.2) is 0 Å². The van der Waals surface area contributed by atoms with E-state index in [0.29, 0.717) is 5.69 Å². The number of hydrogen-bond acceptors (Lipinski definition) is 3. The van der Waals surface area contributed by atoms with Gasteiger partial charge in [0.05, 0.1) is 0 Å². The van der Waals surface area contributed by atoms with Gasteiger partial charge in [-0.15, -0.1) is 0 Å². The van der Waals surface area contributed by atoms with Gasteiger partial charge >= 0.3 is 0 Å². The van der Waals surface area contributed by atoms with Crippen molar-refractivity contribution in [3.8, 4) is 0 Å². The van der Waals surface area contributed by atoms with E-state index in [1.54, 1.807) is 12.3 Å². The second-order valence-electron chi connectivity index (χ2n) is 6.42. The van der Waals surface area contributed by atoms with Crippen molar-refractivity contribution in [3.05, 3.63) is 18.0 Å². The zero-order chi connectivity index (χ0) is 14.5. The van der Waals surface area contributed by atoms with Crippen LogP contribution in [0.25, 0.3) is 0 Å². The van der Waals surface area contributed by atoms with Gasteiger partial charge in [0.2, 0.25) is 0 Å². The molecule has 2 saturated heterocycles. The number of hydrogen-bond donors (Lipinski definition) is 1. The van der Waals surface area contributed by atoms with Gasteiger partial charge in [-0.2, -0.15) is 5.10 Å². The third kappa shape index (κ3) is 3.84. The minimum Gasteiger partial charge on any atom is -0.337 e. The molecule has 5 nitrogen and oxygen atoms in total. The molecule has 1 aromatic rings. The van der Waals surface area contributed by atoms with Crippen molar-refractivity contribution < 1.29 is 4.79 Å². The summed E-state index contributed by atoms with van der Waals surface area (Å²) in [6.45, 7) is 5.54. The molecule has 5 heteroatoms.